The summed E-state index contributed by atoms with van der Waals surface area (Å²) in [6.45, 7) is -0.0137. The Kier molecular flexibility index (Phi) is 2.65. The highest BCUT2D eigenvalue weighted by atomic mass is 16.7. The number of nitro groups is 1. The van der Waals surface area contributed by atoms with Gasteiger partial charge in [-0.05, 0) is 18.2 Å². The number of carbonyl (C=O) groups excluding carboxylic acids is 1. The van der Waals surface area contributed by atoms with Gasteiger partial charge in [0, 0.05) is 0 Å². The maximum absolute atomic E-state index is 10.8. The van der Waals surface area contributed by atoms with E-state index in [0.717, 1.165) is 6.08 Å². The first kappa shape index (κ1) is 10.9. The highest BCUT2D eigenvalue weighted by Crippen LogP contribution is 2.38. The number of hydrogen-bond acceptors (Lipinski definition) is 6. The van der Waals surface area contributed by atoms with Crippen LogP contribution in [0.1, 0.15) is 5.56 Å². The first-order valence-electron chi connectivity index (χ1n) is 4.55. The Balaban J connectivity index is 2.48. The molecule has 1 heterocycles. The van der Waals surface area contributed by atoms with E-state index in [1.807, 2.05) is 0 Å². The zero-order chi connectivity index (χ0) is 12.4. The van der Waals surface area contributed by atoms with Gasteiger partial charge in [-0.3, -0.25) is 10.1 Å². The van der Waals surface area contributed by atoms with Gasteiger partial charge in [-0.15, -0.1) is 0 Å². The van der Waals surface area contributed by atoms with Crippen LogP contribution in [0.5, 0.6) is 11.5 Å². The number of rotatable bonds is 3. The average molecular weight is 236 g/mol. The van der Waals surface area contributed by atoms with Crippen LogP contribution in [-0.2, 0) is 4.79 Å². The molecule has 0 aromatic heterocycles. The highest BCUT2D eigenvalue weighted by molar-refractivity contribution is 5.85. The van der Waals surface area contributed by atoms with Crippen molar-refractivity contribution in [2.24, 2.45) is 0 Å². The summed E-state index contributed by atoms with van der Waals surface area (Å²) >= 11 is 0. The van der Waals surface area contributed by atoms with Gasteiger partial charge in [0.25, 0.3) is 5.69 Å². The number of aliphatic carboxylic acids is 1. The molecule has 1 aromatic rings. The molecular weight excluding hydrogens is 230 g/mol. The molecule has 7 heteroatoms. The Morgan fingerprint density at radius 1 is 1.35 bits per heavy atom. The second-order valence-electron chi connectivity index (χ2n) is 3.17. The summed E-state index contributed by atoms with van der Waals surface area (Å²) in [5.41, 5.74) is -0.143. The second-order valence-corrected chi connectivity index (χ2v) is 3.17. The Hall–Kier alpha value is -2.57. The van der Waals surface area contributed by atoms with Gasteiger partial charge in [-0.2, -0.15) is 0 Å². The van der Waals surface area contributed by atoms with Crippen molar-refractivity contribution in [2.75, 3.05) is 6.79 Å². The quantitative estimate of drug-likeness (QED) is 0.418. The molecule has 2 rings (SSSR count). The molecular formula is C10H6NO6-. The number of hydrogen-bond donors (Lipinski definition) is 0. The van der Waals surface area contributed by atoms with Crippen LogP contribution in [0.25, 0.3) is 6.08 Å². The largest absolute Gasteiger partial charge is 0.545 e. The molecule has 0 spiro atoms. The van der Waals surface area contributed by atoms with E-state index < -0.39 is 10.9 Å². The van der Waals surface area contributed by atoms with Crippen LogP contribution >= 0.6 is 0 Å². The van der Waals surface area contributed by atoms with Crippen molar-refractivity contribution in [3.63, 3.8) is 0 Å². The minimum atomic E-state index is -1.43. The summed E-state index contributed by atoms with van der Waals surface area (Å²) in [7, 11) is 0. The van der Waals surface area contributed by atoms with E-state index in [-0.39, 0.29) is 23.8 Å². The predicted molar refractivity (Wildman–Crippen MR) is 53.3 cm³/mol. The summed E-state index contributed by atoms with van der Waals surface area (Å²) in [6, 6.07) is 2.54. The fourth-order valence-corrected chi connectivity index (χ4v) is 1.40. The number of carboxylic acid groups (broad SMARTS) is 1. The average Bonchev–Trinajstić information content (AvgIpc) is 2.71. The molecule has 0 aliphatic carbocycles. The molecule has 0 fully saturated rings. The lowest BCUT2D eigenvalue weighted by Gasteiger charge is -2.01. The van der Waals surface area contributed by atoms with Crippen molar-refractivity contribution in [3.05, 3.63) is 33.9 Å². The Bertz CT molecular complexity index is 522. The van der Waals surface area contributed by atoms with Crippen molar-refractivity contribution >= 4 is 17.7 Å². The third-order valence-corrected chi connectivity index (χ3v) is 2.12. The lowest BCUT2D eigenvalue weighted by molar-refractivity contribution is -0.385. The van der Waals surface area contributed by atoms with Gasteiger partial charge < -0.3 is 19.4 Å². The number of ether oxygens (including phenoxy) is 2. The fraction of sp³-hybridized carbons (Fsp3) is 0.100. The molecule has 1 aliphatic heterocycles. The Morgan fingerprint density at radius 3 is 2.59 bits per heavy atom. The van der Waals surface area contributed by atoms with Crippen LogP contribution in [0.15, 0.2) is 18.2 Å². The molecule has 1 aliphatic rings. The van der Waals surface area contributed by atoms with Gasteiger partial charge in [0.2, 0.25) is 6.79 Å². The van der Waals surface area contributed by atoms with E-state index in [9.17, 15) is 20.0 Å². The van der Waals surface area contributed by atoms with Gasteiger partial charge >= 0.3 is 0 Å². The van der Waals surface area contributed by atoms with E-state index in [1.165, 1.54) is 12.1 Å². The molecule has 7 nitrogen and oxygen atoms in total. The van der Waals surface area contributed by atoms with Gasteiger partial charge in [-0.1, -0.05) is 0 Å². The molecule has 0 bridgehead atoms. The van der Waals surface area contributed by atoms with Crippen LogP contribution in [-0.4, -0.2) is 17.7 Å². The van der Waals surface area contributed by atoms with E-state index in [0.29, 0.717) is 11.8 Å². The summed E-state index contributed by atoms with van der Waals surface area (Å²) in [6.07, 6.45) is 1.79. The SMILES string of the molecule is O=C([O-])/C=C/c1cc2c(cc1[N+](=O)[O-])OCO2. The molecule has 88 valence electrons. The van der Waals surface area contributed by atoms with Crippen LogP contribution < -0.4 is 14.6 Å². The van der Waals surface area contributed by atoms with Crippen molar-refractivity contribution in [3.8, 4) is 11.5 Å². The van der Waals surface area contributed by atoms with E-state index in [2.05, 4.69) is 0 Å². The van der Waals surface area contributed by atoms with E-state index in [1.54, 1.807) is 0 Å². The topological polar surface area (TPSA) is 102 Å². The van der Waals surface area contributed by atoms with Crippen LogP contribution in [0, 0.1) is 10.1 Å². The Labute approximate surface area is 95.0 Å². The van der Waals surface area contributed by atoms with Crippen LogP contribution in [0.2, 0.25) is 0 Å². The van der Waals surface area contributed by atoms with Crippen LogP contribution in [0.4, 0.5) is 5.69 Å². The monoisotopic (exact) mass is 236 g/mol. The van der Waals surface area contributed by atoms with Crippen molar-refractivity contribution in [2.45, 2.75) is 0 Å². The number of nitrogens with zero attached hydrogens (tertiary/aromatic N) is 1. The summed E-state index contributed by atoms with van der Waals surface area (Å²) in [4.78, 5) is 20.4. The molecule has 0 saturated carbocycles. The van der Waals surface area contributed by atoms with Gasteiger partial charge in [0.15, 0.2) is 11.5 Å². The normalized spacial score (nSPS) is 12.9. The summed E-state index contributed by atoms with van der Waals surface area (Å²) in [5, 5.41) is 21.0. The first-order chi connectivity index (χ1) is 8.08. The summed E-state index contributed by atoms with van der Waals surface area (Å²) in [5.74, 6) is -0.826. The van der Waals surface area contributed by atoms with Crippen LogP contribution in [0.3, 0.4) is 0 Å². The van der Waals surface area contributed by atoms with Gasteiger partial charge in [0.05, 0.1) is 22.5 Å². The molecule has 17 heavy (non-hydrogen) atoms. The number of carbonyl (C=O) groups is 1. The molecule has 0 amide bonds. The number of nitro benzene ring substituents is 1. The van der Waals surface area contributed by atoms with Crippen molar-refractivity contribution in [1.82, 2.24) is 0 Å². The molecule has 1 aromatic carbocycles. The lowest BCUT2D eigenvalue weighted by atomic mass is 10.1. The molecule has 0 atom stereocenters. The number of carboxylic acids is 1. The highest BCUT2D eigenvalue weighted by Gasteiger charge is 2.21. The zero-order valence-corrected chi connectivity index (χ0v) is 8.41. The van der Waals surface area contributed by atoms with Gasteiger partial charge in [-0.25, -0.2) is 0 Å². The summed E-state index contributed by atoms with van der Waals surface area (Å²) < 4.78 is 10.0. The number of fused-ring (bicyclic) bond motifs is 1. The zero-order valence-electron chi connectivity index (χ0n) is 8.41. The van der Waals surface area contributed by atoms with Gasteiger partial charge in [0.1, 0.15) is 0 Å². The Morgan fingerprint density at radius 2 is 2.00 bits per heavy atom. The molecule has 0 radical (unpaired) electrons. The minimum Gasteiger partial charge on any atom is -0.545 e. The molecule has 0 saturated heterocycles. The lowest BCUT2D eigenvalue weighted by Crippen LogP contribution is -2.18. The third-order valence-electron chi connectivity index (χ3n) is 2.12. The minimum absolute atomic E-state index is 0.0137. The molecule has 0 unspecified atom stereocenters. The smallest absolute Gasteiger partial charge is 0.280 e. The van der Waals surface area contributed by atoms with E-state index >= 15 is 0 Å². The number of benzene rings is 1. The third kappa shape index (κ3) is 2.17. The van der Waals surface area contributed by atoms with Crippen molar-refractivity contribution in [1.29, 1.82) is 0 Å². The maximum atomic E-state index is 10.8. The van der Waals surface area contributed by atoms with Crippen molar-refractivity contribution < 1.29 is 24.3 Å². The standard InChI is InChI=1S/C10H7NO6/c12-10(13)2-1-6-3-8-9(17-5-16-8)4-7(6)11(14)15/h1-4H,5H2,(H,12,13)/p-1/b2-1+. The predicted octanol–water partition coefficient (Wildman–Crippen LogP) is 0.0866. The second kappa shape index (κ2) is 4.12. The fourth-order valence-electron chi connectivity index (χ4n) is 1.40. The maximum Gasteiger partial charge on any atom is 0.280 e. The van der Waals surface area contributed by atoms with E-state index in [4.69, 9.17) is 9.47 Å². The first-order valence-corrected chi connectivity index (χ1v) is 4.55. The molecule has 0 N–H and O–H groups in total.